The van der Waals surface area contributed by atoms with Gasteiger partial charge in [-0.2, -0.15) is 0 Å². The van der Waals surface area contributed by atoms with Crippen LogP contribution in [0, 0.1) is 41.4 Å². The average Bonchev–Trinajstić information content (AvgIpc) is 3.26. The molecule has 1 amide bonds. The van der Waals surface area contributed by atoms with Crippen LogP contribution >= 0.6 is 0 Å². The van der Waals surface area contributed by atoms with Crippen molar-refractivity contribution in [2.45, 2.75) is 193 Å². The van der Waals surface area contributed by atoms with E-state index in [0.717, 1.165) is 12.0 Å². The van der Waals surface area contributed by atoms with Crippen LogP contribution in [0.25, 0.3) is 0 Å². The second-order valence-corrected chi connectivity index (χ2v) is 20.2. The molecule has 2 bridgehead atoms. The number of cyclic esters (lactones) is 1. The topological polar surface area (TPSA) is 193 Å². The van der Waals surface area contributed by atoms with Gasteiger partial charge in [0.05, 0.1) is 30.5 Å². The third-order valence-electron chi connectivity index (χ3n) is 15.0. The van der Waals surface area contributed by atoms with E-state index < -0.39 is 84.1 Å². The Kier molecular flexibility index (Phi) is 20.9. The number of aliphatic hydroxyl groups is 5. The number of rotatable bonds is 5. The molecule has 1 saturated carbocycles. The van der Waals surface area contributed by atoms with Crippen LogP contribution in [-0.4, -0.2) is 130 Å². The van der Waals surface area contributed by atoms with Gasteiger partial charge in [-0.25, -0.2) is 4.79 Å². The molecule has 2 saturated heterocycles. The number of hydrogen-bond acceptors (Lipinski definition) is 12. The highest BCUT2D eigenvalue weighted by Crippen LogP contribution is 2.38. The van der Waals surface area contributed by atoms with Crippen molar-refractivity contribution >= 4 is 17.7 Å². The lowest BCUT2D eigenvalue weighted by Gasteiger charge is -2.42. The zero-order chi connectivity index (χ0) is 47.5. The predicted octanol–water partition coefficient (Wildman–Crippen LogP) is 6.39. The van der Waals surface area contributed by atoms with Crippen molar-refractivity contribution in [1.82, 2.24) is 4.90 Å². The van der Waals surface area contributed by atoms with Crippen molar-refractivity contribution in [2.24, 2.45) is 41.4 Å². The normalized spacial score (nSPS) is 43.1. The van der Waals surface area contributed by atoms with Gasteiger partial charge in [0.2, 0.25) is 5.79 Å². The first-order valence-electron chi connectivity index (χ1n) is 24.2. The fourth-order valence-electron chi connectivity index (χ4n) is 10.4. The van der Waals surface area contributed by atoms with E-state index >= 15 is 0 Å². The van der Waals surface area contributed by atoms with E-state index in [1.165, 1.54) is 12.0 Å². The van der Waals surface area contributed by atoms with Gasteiger partial charge in [-0.15, -0.1) is 0 Å². The third kappa shape index (κ3) is 14.1. The molecule has 3 fully saturated rings. The number of carbonyl (C=O) groups excluding carboxylic acids is 3. The molecule has 3 heterocycles. The maximum atomic E-state index is 14.4. The summed E-state index contributed by atoms with van der Waals surface area (Å²) < 4.78 is 23.8. The number of ketones is 1. The number of fused-ring (bicyclic) bond motifs is 3. The first-order valence-corrected chi connectivity index (χ1v) is 24.2. The van der Waals surface area contributed by atoms with E-state index in [1.54, 1.807) is 27.0 Å². The zero-order valence-electron chi connectivity index (χ0n) is 40.4. The van der Waals surface area contributed by atoms with E-state index in [4.69, 9.17) is 18.9 Å². The number of nitrogens with zero attached hydrogens (tertiary/aromatic N) is 1. The van der Waals surface area contributed by atoms with Crippen LogP contribution in [0.1, 0.15) is 132 Å². The highest BCUT2D eigenvalue weighted by Gasteiger charge is 2.53. The number of allylic oxidation sites excluding steroid dienone is 6. The second-order valence-electron chi connectivity index (χ2n) is 20.2. The van der Waals surface area contributed by atoms with Crippen molar-refractivity contribution in [2.75, 3.05) is 20.8 Å². The smallest absolute Gasteiger partial charge is 0.329 e. The molecule has 13 heteroatoms. The van der Waals surface area contributed by atoms with Gasteiger partial charge in [0.1, 0.15) is 24.4 Å². The van der Waals surface area contributed by atoms with Crippen molar-refractivity contribution in [3.8, 4) is 0 Å². The van der Waals surface area contributed by atoms with Gasteiger partial charge in [0.15, 0.2) is 0 Å². The van der Waals surface area contributed by atoms with Crippen molar-refractivity contribution in [1.29, 1.82) is 0 Å². The number of carbonyl (C=O) groups is 3. The molecule has 0 spiro atoms. The number of Topliss-reactive ketones (excluding diaryl/α,β-unsaturated/α-hetero) is 1. The van der Waals surface area contributed by atoms with Crippen LogP contribution in [0.4, 0.5) is 0 Å². The van der Waals surface area contributed by atoms with Gasteiger partial charge >= 0.3 is 5.97 Å². The Labute approximate surface area is 383 Å². The van der Waals surface area contributed by atoms with Gasteiger partial charge < -0.3 is 49.4 Å². The second kappa shape index (κ2) is 24.9. The minimum absolute atomic E-state index is 0.0458. The molecule has 3 aliphatic heterocycles. The standard InChI is InChI=1S/C51H83NO12/c1-30-16-12-11-13-17-31(2)32(3)27-39-21-19-37(8)51(60,64-39)48(57)49(58)52-23-15-14-18-40(52)50(59)63-43(34(5)26-38-20-22-41(53)44(28-38)61-9)29-42(54)33(4)25-36(7)46(56)47(62-10)45(55)35(6)24-30/h11-13,16-17,25,30,32-35,37-47,53-56,60H,14-15,18-24,26-29H2,1-10H3/b13-11+,16-12+,31-17+,36-25+/t30-,32?,33-,34-,35-,37-,38+,39+,40+,41-,42+,43+,44-,45+,46-,47+,51-/m1/s1. The molecule has 0 aromatic carbocycles. The number of esters is 1. The lowest BCUT2D eigenvalue weighted by molar-refractivity contribution is -0.264. The molecule has 4 aliphatic rings. The summed E-state index contributed by atoms with van der Waals surface area (Å²) in [5, 5.41) is 57.1. The molecular formula is C51H83NO12. The fourth-order valence-corrected chi connectivity index (χ4v) is 10.4. The molecule has 0 radical (unpaired) electrons. The molecule has 0 aromatic heterocycles. The third-order valence-corrected chi connectivity index (χ3v) is 15.0. The molecule has 1 unspecified atom stereocenters. The van der Waals surface area contributed by atoms with Crippen molar-refractivity contribution in [3.05, 3.63) is 47.6 Å². The van der Waals surface area contributed by atoms with E-state index in [1.807, 2.05) is 52.0 Å². The Balaban J connectivity index is 1.68. The van der Waals surface area contributed by atoms with Crippen LogP contribution in [0.15, 0.2) is 47.6 Å². The van der Waals surface area contributed by atoms with Crippen LogP contribution in [0.3, 0.4) is 0 Å². The predicted molar refractivity (Wildman–Crippen MR) is 246 cm³/mol. The lowest BCUT2D eigenvalue weighted by Crippen LogP contribution is -2.60. The summed E-state index contributed by atoms with van der Waals surface area (Å²) >= 11 is 0. The molecule has 64 heavy (non-hydrogen) atoms. The van der Waals surface area contributed by atoms with E-state index in [2.05, 4.69) is 19.9 Å². The van der Waals surface area contributed by atoms with E-state index in [0.29, 0.717) is 63.4 Å². The largest absolute Gasteiger partial charge is 0.460 e. The average molecular weight is 902 g/mol. The summed E-state index contributed by atoms with van der Waals surface area (Å²) in [4.78, 5) is 44.0. The van der Waals surface area contributed by atoms with Gasteiger partial charge in [-0.1, -0.05) is 83.6 Å². The summed E-state index contributed by atoms with van der Waals surface area (Å²) in [5.41, 5.74) is 1.60. The van der Waals surface area contributed by atoms with E-state index in [-0.39, 0.29) is 55.1 Å². The SMILES string of the molecule is CO[C@H]1[C@@H](O)[C@H](C)C[C@H](C)/C=C/C=C/C=C(\C)C(C)C[C@@H]2CC[C@@H](C)[C@@](O)(O2)C(=O)C(=O)N2CCCC[C@H]2C(=O)O[C@H]([C@H](C)C[C@@H]2CC[C@@H](O)[C@H](OC)C2)C[C@H](O)[C@H](C)/C=C(\C)[C@H]1O. The highest BCUT2D eigenvalue weighted by molar-refractivity contribution is 6.39. The molecular weight excluding hydrogens is 819 g/mol. The lowest BCUT2D eigenvalue weighted by atomic mass is 9.78. The summed E-state index contributed by atoms with van der Waals surface area (Å²) in [6, 6.07) is -1.08. The highest BCUT2D eigenvalue weighted by atomic mass is 16.6. The van der Waals surface area contributed by atoms with Gasteiger partial charge in [-0.05, 0) is 120 Å². The Morgan fingerprint density at radius 2 is 1.55 bits per heavy atom. The quantitative estimate of drug-likeness (QED) is 0.116. The molecule has 17 atom stereocenters. The molecule has 0 aromatic rings. The van der Waals surface area contributed by atoms with Gasteiger partial charge in [-0.3, -0.25) is 9.59 Å². The minimum Gasteiger partial charge on any atom is -0.460 e. The maximum Gasteiger partial charge on any atom is 0.329 e. The number of aliphatic hydroxyl groups excluding tert-OH is 4. The number of amides is 1. The van der Waals surface area contributed by atoms with Crippen LogP contribution < -0.4 is 0 Å². The Morgan fingerprint density at radius 1 is 0.828 bits per heavy atom. The minimum atomic E-state index is -2.35. The molecule has 4 rings (SSSR count). The van der Waals surface area contributed by atoms with Crippen molar-refractivity contribution < 1.29 is 58.9 Å². The van der Waals surface area contributed by atoms with Crippen LogP contribution in [0.5, 0.6) is 0 Å². The Morgan fingerprint density at radius 3 is 2.23 bits per heavy atom. The molecule has 1 aliphatic carbocycles. The van der Waals surface area contributed by atoms with Gasteiger partial charge in [0.25, 0.3) is 11.7 Å². The fraction of sp³-hybridized carbons (Fsp3) is 0.784. The molecule has 364 valence electrons. The number of hydrogen-bond donors (Lipinski definition) is 5. The molecule has 5 N–H and O–H groups in total. The zero-order valence-corrected chi connectivity index (χ0v) is 40.4. The summed E-state index contributed by atoms with van der Waals surface area (Å²) in [6.45, 7) is 15.5. The number of methoxy groups -OCH3 is 2. The first kappa shape index (κ1) is 53.9. The van der Waals surface area contributed by atoms with Crippen molar-refractivity contribution in [3.63, 3.8) is 0 Å². The first-order chi connectivity index (χ1) is 30.2. The number of piperidine rings is 1. The Bertz CT molecular complexity index is 1640. The maximum absolute atomic E-state index is 14.4. The van der Waals surface area contributed by atoms with Gasteiger partial charge in [0, 0.05) is 39.0 Å². The Hall–Kier alpha value is -2.75. The summed E-state index contributed by atoms with van der Waals surface area (Å²) in [6.07, 6.45) is 11.9. The van der Waals surface area contributed by atoms with Crippen LogP contribution in [0.2, 0.25) is 0 Å². The van der Waals surface area contributed by atoms with Crippen LogP contribution in [-0.2, 0) is 33.3 Å². The number of ether oxygens (including phenoxy) is 4. The monoisotopic (exact) mass is 902 g/mol. The van der Waals surface area contributed by atoms with E-state index in [9.17, 15) is 39.9 Å². The molecule has 13 nitrogen and oxygen atoms in total. The summed E-state index contributed by atoms with van der Waals surface area (Å²) in [5.74, 6) is -6.40. The summed E-state index contributed by atoms with van der Waals surface area (Å²) in [7, 11) is 3.05.